The molecule has 2 rings (SSSR count). The zero-order chi connectivity index (χ0) is 8.60. The second-order valence-corrected chi connectivity index (χ2v) is 5.41. The van der Waals surface area contributed by atoms with Gasteiger partial charge in [-0.25, -0.2) is 0 Å². The molecule has 0 radical (unpaired) electrons. The Balaban J connectivity index is 1.90. The third kappa shape index (κ3) is 1.50. The standard InChI is InChI=1S/C9H17NOS/c10-9(5-8(11)6-9)7-1-3-12-4-2-7/h7-8,11H,1-6,10H2. The van der Waals surface area contributed by atoms with Crippen molar-refractivity contribution < 1.29 is 5.11 Å². The molecule has 2 fully saturated rings. The topological polar surface area (TPSA) is 46.2 Å². The van der Waals surface area contributed by atoms with Crippen LogP contribution in [0.2, 0.25) is 0 Å². The zero-order valence-electron chi connectivity index (χ0n) is 7.33. The minimum absolute atomic E-state index is 0.000394. The molecule has 12 heavy (non-hydrogen) atoms. The Morgan fingerprint density at radius 1 is 1.25 bits per heavy atom. The van der Waals surface area contributed by atoms with Crippen molar-refractivity contribution in [1.82, 2.24) is 0 Å². The fourth-order valence-electron chi connectivity index (χ4n) is 2.42. The molecule has 0 aromatic rings. The predicted octanol–water partition coefficient (Wildman–Crippen LogP) is 0.982. The number of hydrogen-bond acceptors (Lipinski definition) is 3. The third-order valence-electron chi connectivity index (χ3n) is 3.27. The summed E-state index contributed by atoms with van der Waals surface area (Å²) in [5, 5.41) is 9.23. The van der Waals surface area contributed by atoms with Crippen molar-refractivity contribution in [1.29, 1.82) is 0 Å². The maximum atomic E-state index is 9.23. The van der Waals surface area contributed by atoms with E-state index in [1.54, 1.807) is 0 Å². The van der Waals surface area contributed by atoms with E-state index in [9.17, 15) is 5.11 Å². The summed E-state index contributed by atoms with van der Waals surface area (Å²) in [5.74, 6) is 3.21. The minimum atomic E-state index is -0.107. The molecular weight excluding hydrogens is 170 g/mol. The molecule has 2 nitrogen and oxygen atoms in total. The predicted molar refractivity (Wildman–Crippen MR) is 52.2 cm³/mol. The first-order valence-corrected chi connectivity index (χ1v) is 5.91. The van der Waals surface area contributed by atoms with E-state index in [1.807, 2.05) is 11.8 Å². The van der Waals surface area contributed by atoms with E-state index in [4.69, 9.17) is 5.73 Å². The number of aliphatic hydroxyl groups excluding tert-OH is 1. The van der Waals surface area contributed by atoms with Gasteiger partial charge in [0, 0.05) is 5.54 Å². The molecule has 3 heteroatoms. The quantitative estimate of drug-likeness (QED) is 0.643. The Bertz CT molecular complexity index is 162. The molecular formula is C9H17NOS. The average Bonchev–Trinajstić information content (AvgIpc) is 2.04. The van der Waals surface area contributed by atoms with Gasteiger partial charge in [-0.1, -0.05) is 0 Å². The van der Waals surface area contributed by atoms with Crippen LogP contribution in [0.25, 0.3) is 0 Å². The van der Waals surface area contributed by atoms with Crippen molar-refractivity contribution >= 4 is 11.8 Å². The van der Waals surface area contributed by atoms with Crippen LogP contribution in [-0.4, -0.2) is 28.3 Å². The summed E-state index contributed by atoms with van der Waals surface area (Å²) in [7, 11) is 0. The van der Waals surface area contributed by atoms with E-state index < -0.39 is 0 Å². The summed E-state index contributed by atoms with van der Waals surface area (Å²) in [5.41, 5.74) is 6.20. The second kappa shape index (κ2) is 3.20. The van der Waals surface area contributed by atoms with Gasteiger partial charge >= 0.3 is 0 Å². The van der Waals surface area contributed by atoms with Crippen molar-refractivity contribution in [2.75, 3.05) is 11.5 Å². The molecule has 0 aromatic heterocycles. The summed E-state index contributed by atoms with van der Waals surface area (Å²) in [4.78, 5) is 0. The van der Waals surface area contributed by atoms with Gasteiger partial charge in [0.2, 0.25) is 0 Å². The second-order valence-electron chi connectivity index (χ2n) is 4.18. The smallest absolute Gasteiger partial charge is 0.0575 e. The molecule has 0 unspecified atom stereocenters. The van der Waals surface area contributed by atoms with Crippen LogP contribution in [-0.2, 0) is 0 Å². The van der Waals surface area contributed by atoms with Crippen LogP contribution in [0.3, 0.4) is 0 Å². The van der Waals surface area contributed by atoms with Crippen molar-refractivity contribution in [2.45, 2.75) is 37.3 Å². The van der Waals surface area contributed by atoms with Gasteiger partial charge in [0.15, 0.2) is 0 Å². The van der Waals surface area contributed by atoms with Crippen LogP contribution in [0, 0.1) is 5.92 Å². The van der Waals surface area contributed by atoms with E-state index in [-0.39, 0.29) is 11.6 Å². The lowest BCUT2D eigenvalue weighted by Crippen LogP contribution is -2.60. The number of rotatable bonds is 1. The molecule has 0 amide bonds. The highest BCUT2D eigenvalue weighted by Gasteiger charge is 2.45. The Morgan fingerprint density at radius 2 is 1.83 bits per heavy atom. The van der Waals surface area contributed by atoms with Gasteiger partial charge in [0.25, 0.3) is 0 Å². The van der Waals surface area contributed by atoms with Crippen LogP contribution in [0.4, 0.5) is 0 Å². The minimum Gasteiger partial charge on any atom is -0.393 e. The molecule has 1 aliphatic carbocycles. The highest BCUT2D eigenvalue weighted by atomic mass is 32.2. The van der Waals surface area contributed by atoms with Gasteiger partial charge in [-0.3, -0.25) is 0 Å². The summed E-state index contributed by atoms with van der Waals surface area (Å²) < 4.78 is 0. The molecule has 0 atom stereocenters. The first-order chi connectivity index (χ1) is 5.71. The third-order valence-corrected chi connectivity index (χ3v) is 4.31. The molecule has 1 saturated carbocycles. The van der Waals surface area contributed by atoms with E-state index in [0.717, 1.165) is 12.8 Å². The normalized spacial score (nSPS) is 44.0. The fraction of sp³-hybridized carbons (Fsp3) is 1.00. The van der Waals surface area contributed by atoms with Gasteiger partial charge < -0.3 is 10.8 Å². The average molecular weight is 187 g/mol. The summed E-state index contributed by atoms with van der Waals surface area (Å²) >= 11 is 2.03. The molecule has 1 heterocycles. The molecule has 70 valence electrons. The SMILES string of the molecule is NC1(C2CCSCC2)CC(O)C1. The number of thioether (sulfide) groups is 1. The van der Waals surface area contributed by atoms with Crippen LogP contribution in [0.1, 0.15) is 25.7 Å². The maximum Gasteiger partial charge on any atom is 0.0575 e. The monoisotopic (exact) mass is 187 g/mol. The Kier molecular flexibility index (Phi) is 2.36. The lowest BCUT2D eigenvalue weighted by atomic mass is 9.65. The molecule has 0 aromatic carbocycles. The highest BCUT2D eigenvalue weighted by molar-refractivity contribution is 7.99. The fourth-order valence-corrected chi connectivity index (χ4v) is 3.53. The van der Waals surface area contributed by atoms with Gasteiger partial charge in [0.1, 0.15) is 0 Å². The number of hydrogen-bond donors (Lipinski definition) is 2. The molecule has 1 saturated heterocycles. The number of nitrogens with two attached hydrogens (primary N) is 1. The van der Waals surface area contributed by atoms with E-state index in [0.29, 0.717) is 5.92 Å². The lowest BCUT2D eigenvalue weighted by Gasteiger charge is -2.49. The van der Waals surface area contributed by atoms with Crippen molar-refractivity contribution in [3.05, 3.63) is 0 Å². The van der Waals surface area contributed by atoms with Gasteiger partial charge in [-0.15, -0.1) is 0 Å². The number of aliphatic hydroxyl groups is 1. The van der Waals surface area contributed by atoms with Gasteiger partial charge in [-0.05, 0) is 43.1 Å². The Labute approximate surface area is 77.9 Å². The molecule has 0 spiro atoms. The first-order valence-electron chi connectivity index (χ1n) is 4.75. The van der Waals surface area contributed by atoms with Crippen LogP contribution < -0.4 is 5.73 Å². The molecule has 0 bridgehead atoms. The summed E-state index contributed by atoms with van der Waals surface area (Å²) in [6.07, 6.45) is 4.08. The first kappa shape index (κ1) is 8.85. The van der Waals surface area contributed by atoms with Crippen molar-refractivity contribution in [2.24, 2.45) is 11.7 Å². The van der Waals surface area contributed by atoms with E-state index >= 15 is 0 Å². The Morgan fingerprint density at radius 3 is 2.33 bits per heavy atom. The molecule has 1 aliphatic heterocycles. The lowest BCUT2D eigenvalue weighted by molar-refractivity contribution is -0.0106. The van der Waals surface area contributed by atoms with Gasteiger partial charge in [0.05, 0.1) is 6.10 Å². The largest absolute Gasteiger partial charge is 0.393 e. The van der Waals surface area contributed by atoms with Crippen molar-refractivity contribution in [3.8, 4) is 0 Å². The summed E-state index contributed by atoms with van der Waals surface area (Å²) in [6, 6.07) is 0. The maximum absolute atomic E-state index is 9.23. The van der Waals surface area contributed by atoms with Crippen molar-refractivity contribution in [3.63, 3.8) is 0 Å². The van der Waals surface area contributed by atoms with E-state index in [2.05, 4.69) is 0 Å². The molecule has 3 N–H and O–H groups in total. The highest BCUT2D eigenvalue weighted by Crippen LogP contribution is 2.42. The van der Waals surface area contributed by atoms with Gasteiger partial charge in [-0.2, -0.15) is 11.8 Å². The zero-order valence-corrected chi connectivity index (χ0v) is 8.15. The van der Waals surface area contributed by atoms with E-state index in [1.165, 1.54) is 24.3 Å². The van der Waals surface area contributed by atoms with Crippen LogP contribution in [0.5, 0.6) is 0 Å². The summed E-state index contributed by atoms with van der Waals surface area (Å²) in [6.45, 7) is 0. The van der Waals surface area contributed by atoms with Crippen LogP contribution >= 0.6 is 11.8 Å². The molecule has 2 aliphatic rings. The van der Waals surface area contributed by atoms with Crippen LogP contribution in [0.15, 0.2) is 0 Å². The Hall–Kier alpha value is 0.270.